The Kier molecular flexibility index (Phi) is 4.28. The van der Waals surface area contributed by atoms with Gasteiger partial charge in [-0.2, -0.15) is 0 Å². The SMILES string of the molecule is CCC(N)(CC)C(=O)N1CCCN2CCCC2C1. The van der Waals surface area contributed by atoms with Crippen LogP contribution in [0.3, 0.4) is 0 Å². The van der Waals surface area contributed by atoms with Crippen LogP contribution in [0.15, 0.2) is 0 Å². The second kappa shape index (κ2) is 5.57. The van der Waals surface area contributed by atoms with Gasteiger partial charge in [0.25, 0.3) is 0 Å². The van der Waals surface area contributed by atoms with Gasteiger partial charge in [-0.25, -0.2) is 0 Å². The Balaban J connectivity index is 2.05. The largest absolute Gasteiger partial charge is 0.339 e. The minimum atomic E-state index is -0.645. The summed E-state index contributed by atoms with van der Waals surface area (Å²) in [5, 5.41) is 0. The molecule has 2 N–H and O–H groups in total. The number of fused-ring (bicyclic) bond motifs is 1. The van der Waals surface area contributed by atoms with Crippen molar-refractivity contribution in [1.82, 2.24) is 9.80 Å². The van der Waals surface area contributed by atoms with Crippen molar-refractivity contribution >= 4 is 5.91 Å². The zero-order chi connectivity index (χ0) is 13.2. The Labute approximate surface area is 110 Å². The normalized spacial score (nSPS) is 25.9. The van der Waals surface area contributed by atoms with E-state index in [9.17, 15) is 4.79 Å². The van der Waals surface area contributed by atoms with Crippen LogP contribution in [-0.4, -0.2) is 53.5 Å². The number of rotatable bonds is 3. The second-order valence-electron chi connectivity index (χ2n) is 5.80. The fourth-order valence-corrected chi connectivity index (χ4v) is 3.26. The van der Waals surface area contributed by atoms with E-state index in [-0.39, 0.29) is 5.91 Å². The molecule has 0 radical (unpaired) electrons. The molecule has 1 unspecified atom stereocenters. The van der Waals surface area contributed by atoms with E-state index in [1.165, 1.54) is 19.4 Å². The first-order chi connectivity index (χ1) is 8.60. The van der Waals surface area contributed by atoms with Crippen LogP contribution >= 0.6 is 0 Å². The number of carbonyl (C=O) groups excluding carboxylic acids is 1. The van der Waals surface area contributed by atoms with Crippen molar-refractivity contribution in [3.63, 3.8) is 0 Å². The number of amides is 1. The molecule has 2 heterocycles. The number of hydrogen-bond donors (Lipinski definition) is 1. The third-order valence-electron chi connectivity index (χ3n) is 4.78. The Morgan fingerprint density at radius 3 is 2.56 bits per heavy atom. The Hall–Kier alpha value is -0.610. The van der Waals surface area contributed by atoms with Crippen molar-refractivity contribution in [2.45, 2.75) is 57.5 Å². The van der Waals surface area contributed by atoms with Crippen LogP contribution in [-0.2, 0) is 4.79 Å². The van der Waals surface area contributed by atoms with Crippen LogP contribution in [0, 0.1) is 0 Å². The van der Waals surface area contributed by atoms with E-state index < -0.39 is 5.54 Å². The van der Waals surface area contributed by atoms with Gasteiger partial charge in [-0.05, 0) is 38.6 Å². The standard InChI is InChI=1S/C14H27N3O/c1-3-14(15,4-2)13(18)17-10-6-9-16-8-5-7-12(16)11-17/h12H,3-11,15H2,1-2H3. The Bertz CT molecular complexity index is 301. The molecule has 2 aliphatic heterocycles. The van der Waals surface area contributed by atoms with Crippen molar-refractivity contribution in [3.8, 4) is 0 Å². The quantitative estimate of drug-likeness (QED) is 0.822. The van der Waals surface area contributed by atoms with Gasteiger partial charge in [0.15, 0.2) is 0 Å². The number of nitrogens with two attached hydrogens (primary N) is 1. The molecular weight excluding hydrogens is 226 g/mol. The Morgan fingerprint density at radius 2 is 1.89 bits per heavy atom. The maximum Gasteiger partial charge on any atom is 0.242 e. The average Bonchev–Trinajstić information content (AvgIpc) is 2.74. The summed E-state index contributed by atoms with van der Waals surface area (Å²) in [6.45, 7) is 8.15. The van der Waals surface area contributed by atoms with Crippen LogP contribution in [0.2, 0.25) is 0 Å². The van der Waals surface area contributed by atoms with E-state index in [0.29, 0.717) is 6.04 Å². The summed E-state index contributed by atoms with van der Waals surface area (Å²) in [6.07, 6.45) is 5.06. The number of carbonyl (C=O) groups is 1. The lowest BCUT2D eigenvalue weighted by Crippen LogP contribution is -2.56. The summed E-state index contributed by atoms with van der Waals surface area (Å²) >= 11 is 0. The van der Waals surface area contributed by atoms with Crippen molar-refractivity contribution in [2.24, 2.45) is 5.73 Å². The molecule has 0 bridgehead atoms. The molecule has 2 rings (SSSR count). The topological polar surface area (TPSA) is 49.6 Å². The first-order valence-electron chi connectivity index (χ1n) is 7.43. The molecule has 104 valence electrons. The second-order valence-corrected chi connectivity index (χ2v) is 5.80. The fourth-order valence-electron chi connectivity index (χ4n) is 3.26. The van der Waals surface area contributed by atoms with Gasteiger partial charge in [-0.15, -0.1) is 0 Å². The van der Waals surface area contributed by atoms with E-state index in [1.807, 2.05) is 18.7 Å². The predicted octanol–water partition coefficient (Wildman–Crippen LogP) is 1.20. The summed E-state index contributed by atoms with van der Waals surface area (Å²) < 4.78 is 0. The van der Waals surface area contributed by atoms with Gasteiger partial charge in [0, 0.05) is 25.7 Å². The monoisotopic (exact) mass is 253 g/mol. The third kappa shape index (κ3) is 2.54. The van der Waals surface area contributed by atoms with Crippen molar-refractivity contribution in [2.75, 3.05) is 26.2 Å². The highest BCUT2D eigenvalue weighted by molar-refractivity contribution is 5.86. The van der Waals surface area contributed by atoms with Crippen molar-refractivity contribution in [3.05, 3.63) is 0 Å². The molecule has 4 nitrogen and oxygen atoms in total. The molecule has 2 fully saturated rings. The lowest BCUT2D eigenvalue weighted by molar-refractivity contribution is -0.137. The highest BCUT2D eigenvalue weighted by Crippen LogP contribution is 2.24. The van der Waals surface area contributed by atoms with Gasteiger partial charge in [0.1, 0.15) is 0 Å². The van der Waals surface area contributed by atoms with Crippen molar-refractivity contribution < 1.29 is 4.79 Å². The van der Waals surface area contributed by atoms with Gasteiger partial charge < -0.3 is 10.6 Å². The molecule has 2 saturated heterocycles. The van der Waals surface area contributed by atoms with E-state index in [4.69, 9.17) is 5.73 Å². The highest BCUT2D eigenvalue weighted by atomic mass is 16.2. The molecule has 0 saturated carbocycles. The molecule has 18 heavy (non-hydrogen) atoms. The van der Waals surface area contributed by atoms with Crippen LogP contribution in [0.1, 0.15) is 46.0 Å². The van der Waals surface area contributed by atoms with Gasteiger partial charge in [-0.1, -0.05) is 13.8 Å². The minimum Gasteiger partial charge on any atom is -0.339 e. The Morgan fingerprint density at radius 1 is 1.22 bits per heavy atom. The zero-order valence-corrected chi connectivity index (χ0v) is 11.8. The van der Waals surface area contributed by atoms with Crippen LogP contribution < -0.4 is 5.73 Å². The molecule has 1 atom stereocenters. The third-order valence-corrected chi connectivity index (χ3v) is 4.78. The molecule has 4 heteroatoms. The lowest BCUT2D eigenvalue weighted by atomic mass is 9.92. The summed E-state index contributed by atoms with van der Waals surface area (Å²) in [6, 6.07) is 0.578. The molecule has 0 aromatic carbocycles. The zero-order valence-electron chi connectivity index (χ0n) is 11.8. The molecule has 0 spiro atoms. The van der Waals surface area contributed by atoms with Gasteiger partial charge in [0.05, 0.1) is 5.54 Å². The summed E-state index contributed by atoms with van der Waals surface area (Å²) in [4.78, 5) is 17.2. The first kappa shape index (κ1) is 13.8. The van der Waals surface area contributed by atoms with Crippen LogP contribution in [0.5, 0.6) is 0 Å². The van der Waals surface area contributed by atoms with Gasteiger partial charge in [0.2, 0.25) is 5.91 Å². The first-order valence-corrected chi connectivity index (χ1v) is 7.43. The molecule has 2 aliphatic rings. The maximum atomic E-state index is 12.6. The van der Waals surface area contributed by atoms with E-state index in [2.05, 4.69) is 4.90 Å². The van der Waals surface area contributed by atoms with Crippen LogP contribution in [0.25, 0.3) is 0 Å². The minimum absolute atomic E-state index is 0.168. The summed E-state index contributed by atoms with van der Waals surface area (Å²) in [5.41, 5.74) is 5.61. The van der Waals surface area contributed by atoms with Crippen molar-refractivity contribution in [1.29, 1.82) is 0 Å². The van der Waals surface area contributed by atoms with E-state index in [1.54, 1.807) is 0 Å². The predicted molar refractivity (Wildman–Crippen MR) is 73.3 cm³/mol. The molecular formula is C14H27N3O. The average molecular weight is 253 g/mol. The lowest BCUT2D eigenvalue weighted by Gasteiger charge is -2.34. The van der Waals surface area contributed by atoms with Gasteiger partial charge >= 0.3 is 0 Å². The molecule has 0 aromatic heterocycles. The molecule has 1 amide bonds. The van der Waals surface area contributed by atoms with Crippen LogP contribution in [0.4, 0.5) is 0 Å². The summed E-state index contributed by atoms with van der Waals surface area (Å²) in [7, 11) is 0. The van der Waals surface area contributed by atoms with Gasteiger partial charge in [-0.3, -0.25) is 9.69 Å². The summed E-state index contributed by atoms with van der Waals surface area (Å²) in [5.74, 6) is 0.168. The van der Waals surface area contributed by atoms with E-state index >= 15 is 0 Å². The van der Waals surface area contributed by atoms with E-state index in [0.717, 1.165) is 38.9 Å². The highest BCUT2D eigenvalue weighted by Gasteiger charge is 2.37. The smallest absolute Gasteiger partial charge is 0.242 e. The number of nitrogens with zero attached hydrogens (tertiary/aromatic N) is 2. The molecule has 0 aromatic rings. The number of hydrogen-bond acceptors (Lipinski definition) is 3. The maximum absolute atomic E-state index is 12.6. The fraction of sp³-hybridized carbons (Fsp3) is 0.929. The molecule has 0 aliphatic carbocycles.